The summed E-state index contributed by atoms with van der Waals surface area (Å²) in [6.07, 6.45) is 6.74. The van der Waals surface area contributed by atoms with Crippen molar-refractivity contribution in [1.29, 1.82) is 5.26 Å². The Morgan fingerprint density at radius 2 is 2.28 bits per heavy atom. The number of allylic oxidation sites excluding steroid dienone is 1. The molecule has 0 bridgehead atoms. The zero-order valence-corrected chi connectivity index (χ0v) is 15.4. The number of dihydropyridines is 1. The minimum atomic E-state index is -2.49. The quantitative estimate of drug-likeness (QED) is 0.713. The smallest absolute Gasteiger partial charge is 0.257 e. The van der Waals surface area contributed by atoms with E-state index in [1.165, 1.54) is 5.01 Å². The van der Waals surface area contributed by atoms with Crippen molar-refractivity contribution >= 4 is 23.7 Å². The van der Waals surface area contributed by atoms with Crippen molar-refractivity contribution in [1.82, 2.24) is 15.0 Å². The zero-order valence-electron chi connectivity index (χ0n) is 15.4. The molecule has 0 aromatic carbocycles. The number of hydrogen-bond donors (Lipinski definition) is 1. The van der Waals surface area contributed by atoms with E-state index in [-0.39, 0.29) is 11.8 Å². The summed E-state index contributed by atoms with van der Waals surface area (Å²) in [4.78, 5) is 17.2. The molecule has 2 atom stereocenters. The summed E-state index contributed by atoms with van der Waals surface area (Å²) in [6, 6.07) is 3.80. The van der Waals surface area contributed by atoms with Gasteiger partial charge in [-0.25, -0.2) is 28.7 Å². The van der Waals surface area contributed by atoms with E-state index in [1.807, 2.05) is 18.2 Å². The molecular weight excluding hydrogens is 378 g/mol. The molecule has 1 aromatic heterocycles. The molecule has 3 aliphatic rings. The molecule has 10 heteroatoms. The molecule has 0 aliphatic carbocycles. The molecule has 0 radical (unpaired) electrons. The third-order valence-electron chi connectivity index (χ3n) is 4.66. The summed E-state index contributed by atoms with van der Waals surface area (Å²) in [5.41, 5.74) is 2.10. The van der Waals surface area contributed by atoms with Gasteiger partial charge in [0.05, 0.1) is 48.8 Å². The van der Waals surface area contributed by atoms with Crippen LogP contribution in [0.15, 0.2) is 51.3 Å². The lowest BCUT2D eigenvalue weighted by molar-refractivity contribution is 0.0941. The molecule has 29 heavy (non-hydrogen) atoms. The predicted octanol–water partition coefficient (Wildman–Crippen LogP) is 2.38. The molecule has 8 nitrogen and oxygen atoms in total. The summed E-state index contributed by atoms with van der Waals surface area (Å²) in [6.45, 7) is 0.275. The SMILES string of the molecule is N#CCCNc1nccc([C@@H]2CN(CC(F)F)N=C2C2=C[C@@H]3C=CN=C3N=C2)n1. The molecule has 1 aromatic rings. The molecule has 148 valence electrons. The second-order valence-corrected chi connectivity index (χ2v) is 6.68. The highest BCUT2D eigenvalue weighted by atomic mass is 19.3. The monoisotopic (exact) mass is 396 g/mol. The van der Waals surface area contributed by atoms with Gasteiger partial charge in [0.2, 0.25) is 5.95 Å². The van der Waals surface area contributed by atoms with E-state index in [4.69, 9.17) is 5.26 Å². The Hall–Kier alpha value is -3.48. The lowest BCUT2D eigenvalue weighted by atomic mass is 9.91. The second-order valence-electron chi connectivity index (χ2n) is 6.68. The van der Waals surface area contributed by atoms with E-state index in [9.17, 15) is 8.78 Å². The Kier molecular flexibility index (Phi) is 5.37. The van der Waals surface area contributed by atoms with Crippen molar-refractivity contribution in [3.05, 3.63) is 41.9 Å². The molecule has 0 saturated carbocycles. The van der Waals surface area contributed by atoms with Gasteiger partial charge in [-0.1, -0.05) is 12.2 Å². The van der Waals surface area contributed by atoms with Crippen LogP contribution >= 0.6 is 0 Å². The summed E-state index contributed by atoms with van der Waals surface area (Å²) in [5.74, 6) is 0.772. The molecule has 0 spiro atoms. The maximum Gasteiger partial charge on any atom is 0.257 e. The predicted molar refractivity (Wildman–Crippen MR) is 105 cm³/mol. The number of aliphatic imine (C=N–C) groups is 2. The fraction of sp³-hybridized carbons (Fsp3) is 0.368. The van der Waals surface area contributed by atoms with Crippen LogP contribution in [0.2, 0.25) is 0 Å². The molecule has 3 aliphatic heterocycles. The highest BCUT2D eigenvalue weighted by Crippen LogP contribution is 2.30. The average molecular weight is 396 g/mol. The van der Waals surface area contributed by atoms with Gasteiger partial charge in [0.15, 0.2) is 0 Å². The van der Waals surface area contributed by atoms with Gasteiger partial charge in [0.25, 0.3) is 6.43 Å². The molecule has 0 amide bonds. The number of anilines is 1. The third kappa shape index (κ3) is 4.18. The van der Waals surface area contributed by atoms with Crippen molar-refractivity contribution in [2.24, 2.45) is 21.0 Å². The first-order valence-corrected chi connectivity index (χ1v) is 9.20. The second kappa shape index (κ2) is 8.26. The van der Waals surface area contributed by atoms with Crippen molar-refractivity contribution in [3.8, 4) is 6.07 Å². The molecule has 4 rings (SSSR count). The van der Waals surface area contributed by atoms with Gasteiger partial charge in [-0.2, -0.15) is 10.4 Å². The van der Waals surface area contributed by atoms with Gasteiger partial charge in [0, 0.05) is 30.7 Å². The van der Waals surface area contributed by atoms with Crippen LogP contribution < -0.4 is 5.32 Å². The van der Waals surface area contributed by atoms with E-state index in [0.717, 1.165) is 5.57 Å². The number of aromatic nitrogens is 2. The van der Waals surface area contributed by atoms with Gasteiger partial charge in [-0.05, 0) is 6.07 Å². The van der Waals surface area contributed by atoms with E-state index in [2.05, 4.69) is 30.4 Å². The Morgan fingerprint density at radius 3 is 3.10 bits per heavy atom. The minimum absolute atomic E-state index is 0.0314. The minimum Gasteiger partial charge on any atom is -0.353 e. The average Bonchev–Trinajstić information content (AvgIpc) is 3.34. The summed E-state index contributed by atoms with van der Waals surface area (Å²) < 4.78 is 25.9. The number of amidine groups is 1. The van der Waals surface area contributed by atoms with Crippen LogP contribution in [0.25, 0.3) is 0 Å². The first-order chi connectivity index (χ1) is 14.1. The van der Waals surface area contributed by atoms with E-state index in [0.29, 0.717) is 42.7 Å². The summed E-state index contributed by atoms with van der Waals surface area (Å²) in [5, 5.41) is 17.5. The largest absolute Gasteiger partial charge is 0.353 e. The van der Waals surface area contributed by atoms with Crippen molar-refractivity contribution in [3.63, 3.8) is 0 Å². The summed E-state index contributed by atoms with van der Waals surface area (Å²) in [7, 11) is 0. The molecule has 0 saturated heterocycles. The van der Waals surface area contributed by atoms with Crippen LogP contribution in [-0.2, 0) is 0 Å². The molecule has 0 unspecified atom stereocenters. The molecule has 1 N–H and O–H groups in total. The van der Waals surface area contributed by atoms with Crippen LogP contribution in [0.3, 0.4) is 0 Å². The fourth-order valence-electron chi connectivity index (χ4n) is 3.37. The normalized spacial score (nSPS) is 22.3. The van der Waals surface area contributed by atoms with Gasteiger partial charge < -0.3 is 5.32 Å². The topological polar surface area (TPSA) is 102 Å². The van der Waals surface area contributed by atoms with Crippen LogP contribution in [0.4, 0.5) is 14.7 Å². The number of hydrogen-bond acceptors (Lipinski definition) is 8. The van der Waals surface area contributed by atoms with Gasteiger partial charge in [-0.3, -0.25) is 5.01 Å². The Balaban J connectivity index is 1.61. The molecule has 4 heterocycles. The standard InChI is InChI=1S/C19H18F2N8/c20-16(21)11-29-10-14(15-3-7-25-19(27-15)24-5-1-4-22)17(28-29)13-8-12-2-6-23-18(12)26-9-13/h2-3,6-9,12,14,16H,1,5,10-11H2,(H,24,25,27)/t12-,14-/m0/s1. The third-order valence-corrected chi connectivity index (χ3v) is 4.66. The fourth-order valence-corrected chi connectivity index (χ4v) is 3.37. The number of hydrazone groups is 1. The van der Waals surface area contributed by atoms with Crippen molar-refractivity contribution in [2.45, 2.75) is 18.8 Å². The maximum absolute atomic E-state index is 13.0. The number of nitriles is 1. The van der Waals surface area contributed by atoms with Gasteiger partial charge in [0.1, 0.15) is 5.84 Å². The van der Waals surface area contributed by atoms with Crippen LogP contribution in [-0.4, -0.2) is 58.8 Å². The number of rotatable bonds is 7. The van der Waals surface area contributed by atoms with E-state index in [1.54, 1.807) is 24.7 Å². The van der Waals surface area contributed by atoms with Crippen molar-refractivity contribution < 1.29 is 8.78 Å². The number of halogens is 2. The summed E-state index contributed by atoms with van der Waals surface area (Å²) >= 11 is 0. The molecule has 0 fully saturated rings. The van der Waals surface area contributed by atoms with Crippen LogP contribution in [0, 0.1) is 17.2 Å². The highest BCUT2D eigenvalue weighted by molar-refractivity contribution is 6.22. The van der Waals surface area contributed by atoms with Crippen LogP contribution in [0.1, 0.15) is 18.0 Å². The van der Waals surface area contributed by atoms with E-state index < -0.39 is 13.0 Å². The Bertz CT molecular complexity index is 973. The first-order valence-electron chi connectivity index (χ1n) is 9.20. The number of alkyl halides is 2. The van der Waals surface area contributed by atoms with Crippen molar-refractivity contribution in [2.75, 3.05) is 25.0 Å². The van der Waals surface area contributed by atoms with E-state index >= 15 is 0 Å². The zero-order chi connectivity index (χ0) is 20.2. The van der Waals surface area contributed by atoms with Gasteiger partial charge in [-0.15, -0.1) is 0 Å². The Labute approximate surface area is 166 Å². The highest BCUT2D eigenvalue weighted by Gasteiger charge is 2.34. The maximum atomic E-state index is 13.0. The number of nitrogens with one attached hydrogen (secondary N) is 1. The number of fused-ring (bicyclic) bond motifs is 1. The number of nitrogens with zero attached hydrogens (tertiary/aromatic N) is 7. The van der Waals surface area contributed by atoms with Crippen LogP contribution in [0.5, 0.6) is 0 Å². The lowest BCUT2D eigenvalue weighted by Gasteiger charge is -2.17. The molecular formula is C19H18F2N8. The Morgan fingerprint density at radius 1 is 1.38 bits per heavy atom. The first kappa shape index (κ1) is 18.9. The lowest BCUT2D eigenvalue weighted by Crippen LogP contribution is -2.25. The van der Waals surface area contributed by atoms with Gasteiger partial charge >= 0.3 is 0 Å².